The van der Waals surface area contributed by atoms with Crippen LogP contribution in [0.1, 0.15) is 48.2 Å². The predicted molar refractivity (Wildman–Crippen MR) is 146 cm³/mol. The Morgan fingerprint density at radius 3 is 2.57 bits per heavy atom. The van der Waals surface area contributed by atoms with E-state index in [0.717, 1.165) is 22.2 Å². The van der Waals surface area contributed by atoms with Crippen LogP contribution in [0.3, 0.4) is 0 Å². The molecule has 0 aliphatic heterocycles. The van der Waals surface area contributed by atoms with Crippen molar-refractivity contribution >= 4 is 50.3 Å². The fourth-order valence-electron chi connectivity index (χ4n) is 3.51. The molecule has 4 rings (SSSR count). The van der Waals surface area contributed by atoms with Gasteiger partial charge < -0.3 is 14.5 Å². The average molecular weight is 552 g/mol. The third-order valence-corrected chi connectivity index (χ3v) is 6.32. The highest BCUT2D eigenvalue weighted by Crippen LogP contribution is 2.27. The number of nitrogens with zero attached hydrogens (tertiary/aromatic N) is 1. The molecule has 0 atom stereocenters. The van der Waals surface area contributed by atoms with E-state index in [1.807, 2.05) is 37.3 Å². The van der Waals surface area contributed by atoms with Crippen LogP contribution in [0.15, 0.2) is 69.6 Å². The maximum Gasteiger partial charge on any atom is 0.257 e. The van der Waals surface area contributed by atoms with Gasteiger partial charge in [-0.05, 0) is 94.6 Å². The van der Waals surface area contributed by atoms with E-state index in [9.17, 15) is 4.79 Å². The van der Waals surface area contributed by atoms with E-state index in [1.54, 1.807) is 18.2 Å². The summed E-state index contributed by atoms with van der Waals surface area (Å²) in [5.41, 5.74) is 5.25. The van der Waals surface area contributed by atoms with Gasteiger partial charge in [-0.25, -0.2) is 4.98 Å². The Morgan fingerprint density at radius 1 is 1.11 bits per heavy atom. The molecule has 0 bridgehead atoms. The maximum atomic E-state index is 12.5. The first-order chi connectivity index (χ1) is 16.8. The Bertz CT molecular complexity index is 1370. The van der Waals surface area contributed by atoms with Gasteiger partial charge in [-0.2, -0.15) is 0 Å². The molecule has 0 unspecified atom stereocenters. The molecule has 3 aromatic carbocycles. The van der Waals surface area contributed by atoms with Crippen molar-refractivity contribution in [2.45, 2.75) is 33.2 Å². The Hall–Kier alpha value is -3.23. The Balaban J connectivity index is 1.34. The lowest BCUT2D eigenvalue weighted by atomic mass is 10.0. The molecule has 0 radical (unpaired) electrons. The number of carbonyl (C=O) groups is 1. The summed E-state index contributed by atoms with van der Waals surface area (Å²) in [6, 6.07) is 19.2. The zero-order valence-electron chi connectivity index (χ0n) is 19.7. The molecule has 1 heterocycles. The molecule has 0 saturated heterocycles. The summed E-state index contributed by atoms with van der Waals surface area (Å²) >= 11 is 8.71. The molecule has 35 heavy (non-hydrogen) atoms. The van der Waals surface area contributed by atoms with E-state index in [-0.39, 0.29) is 11.0 Å². The molecule has 0 spiro atoms. The van der Waals surface area contributed by atoms with Crippen molar-refractivity contribution in [1.82, 2.24) is 15.6 Å². The van der Waals surface area contributed by atoms with E-state index in [0.29, 0.717) is 40.7 Å². The lowest BCUT2D eigenvalue weighted by Crippen LogP contribution is -2.38. The highest BCUT2D eigenvalue weighted by atomic mass is 79.9. The van der Waals surface area contributed by atoms with Crippen LogP contribution in [0.25, 0.3) is 22.6 Å². The molecule has 180 valence electrons. The van der Waals surface area contributed by atoms with Crippen molar-refractivity contribution in [3.63, 3.8) is 0 Å². The van der Waals surface area contributed by atoms with Gasteiger partial charge in [-0.1, -0.05) is 32.0 Å². The van der Waals surface area contributed by atoms with Crippen molar-refractivity contribution < 1.29 is 13.9 Å². The van der Waals surface area contributed by atoms with Crippen molar-refractivity contribution in [2.24, 2.45) is 0 Å². The summed E-state index contributed by atoms with van der Waals surface area (Å²) in [6.07, 6.45) is 0. The molecule has 1 amide bonds. The molecule has 0 aliphatic carbocycles. The number of halogens is 1. The second-order valence-corrected chi connectivity index (χ2v) is 9.58. The van der Waals surface area contributed by atoms with Crippen LogP contribution in [0.5, 0.6) is 5.75 Å². The van der Waals surface area contributed by atoms with Crippen molar-refractivity contribution in [3.05, 3.63) is 81.8 Å². The van der Waals surface area contributed by atoms with Crippen molar-refractivity contribution in [1.29, 1.82) is 0 Å². The van der Waals surface area contributed by atoms with E-state index in [4.69, 9.17) is 21.4 Å². The number of nitrogens with one attached hydrogen (secondary N) is 2. The summed E-state index contributed by atoms with van der Waals surface area (Å²) in [5, 5.41) is 6.03. The van der Waals surface area contributed by atoms with Crippen LogP contribution in [-0.4, -0.2) is 22.6 Å². The van der Waals surface area contributed by atoms with Crippen LogP contribution in [0.4, 0.5) is 0 Å². The first-order valence-corrected chi connectivity index (χ1v) is 12.6. The lowest BCUT2D eigenvalue weighted by molar-refractivity contribution is 0.0976. The van der Waals surface area contributed by atoms with E-state index >= 15 is 0 Å². The quantitative estimate of drug-likeness (QED) is 0.252. The maximum absolute atomic E-state index is 12.5. The fraction of sp³-hybridized carbons (Fsp3) is 0.222. The number of hydrogen-bond acceptors (Lipinski definition) is 5. The molecular weight excluding hydrogens is 526 g/mol. The number of amides is 1. The van der Waals surface area contributed by atoms with E-state index in [1.165, 1.54) is 5.56 Å². The molecule has 2 N–H and O–H groups in total. The topological polar surface area (TPSA) is 76.4 Å². The third-order valence-electron chi connectivity index (χ3n) is 5.45. The van der Waals surface area contributed by atoms with Gasteiger partial charge in [0.05, 0.1) is 11.1 Å². The first-order valence-electron chi connectivity index (χ1n) is 11.4. The van der Waals surface area contributed by atoms with Crippen LogP contribution < -0.4 is 15.4 Å². The van der Waals surface area contributed by atoms with Crippen LogP contribution >= 0.6 is 28.1 Å². The minimum atomic E-state index is -0.293. The van der Waals surface area contributed by atoms with Gasteiger partial charge >= 0.3 is 0 Å². The summed E-state index contributed by atoms with van der Waals surface area (Å²) in [6.45, 7) is 7.24. The predicted octanol–water partition coefficient (Wildman–Crippen LogP) is 6.58. The second-order valence-electron chi connectivity index (χ2n) is 8.31. The molecule has 6 nitrogen and oxygen atoms in total. The highest BCUT2D eigenvalue weighted by Gasteiger charge is 2.12. The van der Waals surface area contributed by atoms with Crippen molar-refractivity contribution in [3.8, 4) is 17.2 Å². The number of carbonyl (C=O) groups excluding carboxylic acids is 1. The van der Waals surface area contributed by atoms with Gasteiger partial charge in [0, 0.05) is 17.7 Å². The second kappa shape index (κ2) is 11.0. The van der Waals surface area contributed by atoms with Crippen LogP contribution in [-0.2, 0) is 6.54 Å². The number of benzene rings is 3. The molecule has 4 aromatic rings. The van der Waals surface area contributed by atoms with Crippen LogP contribution in [0, 0.1) is 0 Å². The number of rotatable bonds is 7. The number of hydrogen-bond donors (Lipinski definition) is 2. The minimum Gasteiger partial charge on any atom is -0.493 e. The molecule has 1 aromatic heterocycles. The number of thiocarbonyl (C=S) groups is 1. The summed E-state index contributed by atoms with van der Waals surface area (Å²) < 4.78 is 12.1. The van der Waals surface area contributed by atoms with Gasteiger partial charge in [0.1, 0.15) is 11.3 Å². The van der Waals surface area contributed by atoms with Gasteiger partial charge in [0.25, 0.3) is 5.91 Å². The lowest BCUT2D eigenvalue weighted by Gasteiger charge is -2.11. The molecular formula is C27H26BrN3O3S. The Kier molecular flexibility index (Phi) is 7.83. The van der Waals surface area contributed by atoms with Gasteiger partial charge in [0.15, 0.2) is 10.7 Å². The largest absolute Gasteiger partial charge is 0.493 e. The molecule has 8 heteroatoms. The van der Waals surface area contributed by atoms with Crippen molar-refractivity contribution in [2.75, 3.05) is 6.61 Å². The summed E-state index contributed by atoms with van der Waals surface area (Å²) in [7, 11) is 0. The number of oxazole rings is 1. The third kappa shape index (κ3) is 6.07. The number of ether oxygens (including phenoxy) is 1. The fourth-order valence-corrected chi connectivity index (χ4v) is 4.17. The Morgan fingerprint density at radius 2 is 1.89 bits per heavy atom. The standard InChI is InChI=1S/C27H26BrN3O3S/c1-4-33-23-11-10-20(13-21(23)28)25(32)31-27(35)29-15-17-5-7-18(8-6-17)26-30-22-14-19(16(2)3)9-12-24(22)34-26/h5-14,16H,4,15H2,1-3H3,(H2,29,31,32,35). The number of fused-ring (bicyclic) bond motifs is 1. The average Bonchev–Trinajstić information content (AvgIpc) is 3.28. The number of aromatic nitrogens is 1. The van der Waals surface area contributed by atoms with Crippen LogP contribution in [0.2, 0.25) is 0 Å². The SMILES string of the molecule is CCOc1ccc(C(=O)NC(=S)NCc2ccc(-c3nc4cc(C(C)C)ccc4o3)cc2)cc1Br. The van der Waals surface area contributed by atoms with Gasteiger partial charge in [-0.15, -0.1) is 0 Å². The smallest absolute Gasteiger partial charge is 0.257 e. The van der Waals surface area contributed by atoms with E-state index in [2.05, 4.69) is 57.5 Å². The molecule has 0 fully saturated rings. The van der Waals surface area contributed by atoms with Gasteiger partial charge in [-0.3, -0.25) is 10.1 Å². The first kappa shape index (κ1) is 24.9. The van der Waals surface area contributed by atoms with Gasteiger partial charge in [0.2, 0.25) is 5.89 Å². The monoisotopic (exact) mass is 551 g/mol. The molecule has 0 saturated carbocycles. The summed E-state index contributed by atoms with van der Waals surface area (Å²) in [5.74, 6) is 1.42. The molecule has 0 aliphatic rings. The normalized spacial score (nSPS) is 11.0. The highest BCUT2D eigenvalue weighted by molar-refractivity contribution is 9.10. The summed E-state index contributed by atoms with van der Waals surface area (Å²) in [4.78, 5) is 17.2. The zero-order valence-corrected chi connectivity index (χ0v) is 22.1. The Labute approximate surface area is 218 Å². The van der Waals surface area contributed by atoms with E-state index < -0.39 is 0 Å². The minimum absolute atomic E-state index is 0.254. The zero-order chi connectivity index (χ0) is 24.9.